The van der Waals surface area contributed by atoms with Gasteiger partial charge in [-0.2, -0.15) is 0 Å². The first-order valence-electron chi connectivity index (χ1n) is 8.42. The van der Waals surface area contributed by atoms with Crippen LogP contribution in [0.2, 0.25) is 0 Å². The van der Waals surface area contributed by atoms with Crippen LogP contribution in [0.4, 0.5) is 5.69 Å². The number of hydrogen-bond acceptors (Lipinski definition) is 1. The summed E-state index contributed by atoms with van der Waals surface area (Å²) in [4.78, 5) is 5.02. The molecule has 0 spiro atoms. The van der Waals surface area contributed by atoms with Crippen LogP contribution in [0.25, 0.3) is 0 Å². The van der Waals surface area contributed by atoms with Gasteiger partial charge in [-0.3, -0.25) is 4.99 Å². The van der Waals surface area contributed by atoms with Gasteiger partial charge in [0.1, 0.15) is 0 Å². The van der Waals surface area contributed by atoms with E-state index >= 15 is 0 Å². The van der Waals surface area contributed by atoms with Gasteiger partial charge in [0.25, 0.3) is 0 Å². The average Bonchev–Trinajstić information content (AvgIpc) is 2.70. The van der Waals surface area contributed by atoms with Gasteiger partial charge in [-0.15, -0.1) is 0 Å². The Morgan fingerprint density at radius 1 is 0.913 bits per heavy atom. The quantitative estimate of drug-likeness (QED) is 0.611. The molecule has 0 fully saturated rings. The van der Waals surface area contributed by atoms with E-state index in [0.29, 0.717) is 0 Å². The Morgan fingerprint density at radius 3 is 2.09 bits per heavy atom. The zero-order valence-corrected chi connectivity index (χ0v) is 15.4. The van der Waals surface area contributed by atoms with Crippen LogP contribution >= 0.6 is 0 Å². The number of hydrogen-bond donors (Lipinski definition) is 0. The van der Waals surface area contributed by atoms with Gasteiger partial charge in [0, 0.05) is 5.41 Å². The topological polar surface area (TPSA) is 12.4 Å². The summed E-state index contributed by atoms with van der Waals surface area (Å²) in [7, 11) is 0. The van der Waals surface area contributed by atoms with Gasteiger partial charge in [0.05, 0.1) is 11.4 Å². The number of rotatable bonds is 1. The molecular weight excluding hydrogens is 278 g/mol. The van der Waals surface area contributed by atoms with Crippen molar-refractivity contribution in [3.05, 3.63) is 64.2 Å². The Morgan fingerprint density at radius 2 is 1.52 bits per heavy atom. The number of nitrogens with zero attached hydrogens (tertiary/aromatic N) is 1. The fourth-order valence-electron chi connectivity index (χ4n) is 3.52. The van der Waals surface area contributed by atoms with Crippen molar-refractivity contribution in [3.63, 3.8) is 0 Å². The highest BCUT2D eigenvalue weighted by molar-refractivity contribution is 6.12. The van der Waals surface area contributed by atoms with Gasteiger partial charge in [0.15, 0.2) is 0 Å². The van der Waals surface area contributed by atoms with Crippen molar-refractivity contribution in [1.29, 1.82) is 0 Å². The average molecular weight is 305 g/mol. The van der Waals surface area contributed by atoms with Gasteiger partial charge in [-0.1, -0.05) is 76.6 Å². The van der Waals surface area contributed by atoms with E-state index in [1.165, 1.54) is 33.5 Å². The molecule has 0 aromatic heterocycles. The molecule has 0 unspecified atom stereocenters. The highest BCUT2D eigenvalue weighted by Gasteiger charge is 2.36. The van der Waals surface area contributed by atoms with Crippen LogP contribution in [-0.2, 0) is 10.8 Å². The molecule has 1 aliphatic heterocycles. The van der Waals surface area contributed by atoms with Crippen molar-refractivity contribution < 1.29 is 0 Å². The van der Waals surface area contributed by atoms with Crippen molar-refractivity contribution in [1.82, 2.24) is 0 Å². The Balaban J connectivity index is 2.08. The summed E-state index contributed by atoms with van der Waals surface area (Å²) in [5.74, 6) is 0. The number of fused-ring (bicyclic) bond motifs is 1. The van der Waals surface area contributed by atoms with E-state index in [9.17, 15) is 0 Å². The lowest BCUT2D eigenvalue weighted by molar-refractivity contribution is 0.590. The molecule has 3 rings (SSSR count). The van der Waals surface area contributed by atoms with E-state index < -0.39 is 0 Å². The molecule has 23 heavy (non-hydrogen) atoms. The second-order valence-corrected chi connectivity index (χ2v) is 8.39. The number of aryl methyl sites for hydroxylation is 2. The van der Waals surface area contributed by atoms with Crippen LogP contribution in [0.3, 0.4) is 0 Å². The Bertz CT molecular complexity index is 784. The van der Waals surface area contributed by atoms with E-state index in [1.807, 2.05) is 0 Å². The lowest BCUT2D eigenvalue weighted by Crippen LogP contribution is -2.26. The Kier molecular flexibility index (Phi) is 3.51. The Labute approximate surface area is 140 Å². The second-order valence-electron chi connectivity index (χ2n) is 8.39. The first-order chi connectivity index (χ1) is 10.6. The molecule has 120 valence electrons. The molecule has 0 saturated carbocycles. The predicted molar refractivity (Wildman–Crippen MR) is 100 cm³/mol. The lowest BCUT2D eigenvalue weighted by atomic mass is 9.77. The monoisotopic (exact) mass is 305 g/mol. The van der Waals surface area contributed by atoms with E-state index in [1.54, 1.807) is 0 Å². The highest BCUT2D eigenvalue weighted by atomic mass is 14.8. The summed E-state index contributed by atoms with van der Waals surface area (Å²) in [6, 6.07) is 13.5. The first kappa shape index (κ1) is 16.0. The van der Waals surface area contributed by atoms with Gasteiger partial charge in [0.2, 0.25) is 0 Å². The molecule has 0 bridgehead atoms. The van der Waals surface area contributed by atoms with E-state index in [2.05, 4.69) is 84.9 Å². The molecule has 2 aromatic carbocycles. The molecule has 1 heteroatoms. The minimum Gasteiger partial charge on any atom is -0.251 e. The van der Waals surface area contributed by atoms with Crippen molar-refractivity contribution in [3.8, 4) is 0 Å². The molecule has 1 nitrogen and oxygen atoms in total. The molecule has 0 amide bonds. The zero-order chi connectivity index (χ0) is 17.0. The third-order valence-corrected chi connectivity index (χ3v) is 4.96. The van der Waals surface area contributed by atoms with Crippen LogP contribution in [0.5, 0.6) is 0 Å². The smallest absolute Gasteiger partial charge is 0.0704 e. The molecule has 0 aliphatic carbocycles. The molecule has 1 aliphatic rings. The van der Waals surface area contributed by atoms with Gasteiger partial charge in [-0.25, -0.2) is 0 Å². The molecule has 2 aromatic rings. The second kappa shape index (κ2) is 5.06. The summed E-state index contributed by atoms with van der Waals surface area (Å²) in [5, 5.41) is 0. The van der Waals surface area contributed by atoms with Crippen molar-refractivity contribution >= 4 is 11.4 Å². The largest absolute Gasteiger partial charge is 0.251 e. The van der Waals surface area contributed by atoms with Crippen LogP contribution in [0.1, 0.15) is 62.4 Å². The normalized spacial score (nSPS) is 16.2. The summed E-state index contributed by atoms with van der Waals surface area (Å²) >= 11 is 0. The molecular formula is C22H27N. The minimum atomic E-state index is -0.0463. The number of benzene rings is 2. The van der Waals surface area contributed by atoms with Crippen molar-refractivity contribution in [2.24, 2.45) is 4.99 Å². The summed E-state index contributed by atoms with van der Waals surface area (Å²) in [6.07, 6.45) is 0. The standard InChI is InChI=1S/C22H27N/c1-14-12-15(2)19-18(13-14)22(6,7)20(23-19)16-8-10-17(11-9-16)21(3,4)5/h8-13H,1-7H3. The van der Waals surface area contributed by atoms with Gasteiger partial charge < -0.3 is 0 Å². The molecule has 1 heterocycles. The third kappa shape index (κ3) is 2.63. The highest BCUT2D eigenvalue weighted by Crippen LogP contribution is 2.44. The predicted octanol–water partition coefficient (Wildman–Crippen LogP) is 6.01. The molecule has 0 N–H and O–H groups in total. The fourth-order valence-corrected chi connectivity index (χ4v) is 3.52. The lowest BCUT2D eigenvalue weighted by Gasteiger charge is -2.24. The maximum atomic E-state index is 5.02. The summed E-state index contributed by atoms with van der Waals surface area (Å²) in [6.45, 7) is 15.7. The maximum absolute atomic E-state index is 5.02. The molecule has 0 atom stereocenters. The minimum absolute atomic E-state index is 0.0463. The first-order valence-corrected chi connectivity index (χ1v) is 8.42. The SMILES string of the molecule is Cc1cc(C)c2c(c1)C(C)(C)C(c1ccc(C(C)(C)C)cc1)=N2. The van der Waals surface area contributed by atoms with Gasteiger partial charge in [-0.05, 0) is 41.5 Å². The summed E-state index contributed by atoms with van der Waals surface area (Å²) in [5.41, 5.74) is 9.01. The van der Waals surface area contributed by atoms with Crippen LogP contribution in [-0.4, -0.2) is 5.71 Å². The Hall–Kier alpha value is -1.89. The van der Waals surface area contributed by atoms with Crippen LogP contribution < -0.4 is 0 Å². The third-order valence-electron chi connectivity index (χ3n) is 4.96. The van der Waals surface area contributed by atoms with Gasteiger partial charge >= 0.3 is 0 Å². The van der Waals surface area contributed by atoms with Crippen LogP contribution in [0, 0.1) is 13.8 Å². The summed E-state index contributed by atoms with van der Waals surface area (Å²) < 4.78 is 0. The number of aliphatic imine (C=N–C) groups is 1. The molecule has 0 saturated heterocycles. The van der Waals surface area contributed by atoms with E-state index in [4.69, 9.17) is 4.99 Å². The van der Waals surface area contributed by atoms with Crippen molar-refractivity contribution in [2.75, 3.05) is 0 Å². The zero-order valence-electron chi connectivity index (χ0n) is 15.4. The fraction of sp³-hybridized carbons (Fsp3) is 0.409. The molecule has 0 radical (unpaired) electrons. The van der Waals surface area contributed by atoms with E-state index in [0.717, 1.165) is 5.69 Å². The van der Waals surface area contributed by atoms with Crippen molar-refractivity contribution in [2.45, 2.75) is 59.3 Å². The van der Waals surface area contributed by atoms with Crippen LogP contribution in [0.15, 0.2) is 41.4 Å². The van der Waals surface area contributed by atoms with E-state index in [-0.39, 0.29) is 10.8 Å². The maximum Gasteiger partial charge on any atom is 0.0704 e.